The van der Waals surface area contributed by atoms with E-state index in [-0.39, 0.29) is 0 Å². The lowest BCUT2D eigenvalue weighted by Gasteiger charge is -2.35. The van der Waals surface area contributed by atoms with Gasteiger partial charge in [-0.25, -0.2) is 0 Å². The summed E-state index contributed by atoms with van der Waals surface area (Å²) in [6.07, 6.45) is 3.72. The van der Waals surface area contributed by atoms with Gasteiger partial charge in [0.25, 0.3) is 0 Å². The lowest BCUT2D eigenvalue weighted by atomic mass is 10.2. The summed E-state index contributed by atoms with van der Waals surface area (Å²) in [4.78, 5) is 20.5. The van der Waals surface area contributed by atoms with E-state index in [4.69, 9.17) is 9.97 Å². The van der Waals surface area contributed by atoms with Gasteiger partial charge in [0.05, 0.1) is 5.39 Å². The van der Waals surface area contributed by atoms with E-state index in [1.165, 1.54) is 31.2 Å². The molecule has 4 rings (SSSR count). The number of piperazine rings is 1. The number of nitrogens with zero attached hydrogens (tertiary/aromatic N) is 5. The molecule has 0 amide bonds. The molecular weight excluding hydrogens is 300 g/mol. The minimum Gasteiger partial charge on any atom is -0.353 e. The number of nitrogens with one attached hydrogen (secondary N) is 1. The highest BCUT2D eigenvalue weighted by Gasteiger charge is 2.23. The van der Waals surface area contributed by atoms with Gasteiger partial charge in [-0.05, 0) is 38.8 Å². The molecule has 0 aromatic carbocycles. The van der Waals surface area contributed by atoms with Gasteiger partial charge in [-0.15, -0.1) is 0 Å². The highest BCUT2D eigenvalue weighted by Crippen LogP contribution is 2.29. The van der Waals surface area contributed by atoms with Crippen LogP contribution in [0.1, 0.15) is 31.9 Å². The van der Waals surface area contributed by atoms with Gasteiger partial charge >= 0.3 is 0 Å². The summed E-state index contributed by atoms with van der Waals surface area (Å²) in [5, 5.41) is 1.17. The normalized spacial score (nSPS) is 19.6. The summed E-state index contributed by atoms with van der Waals surface area (Å²) in [5.74, 6) is 2.01. The van der Waals surface area contributed by atoms with Crippen LogP contribution in [-0.4, -0.2) is 65.7 Å². The standard InChI is InChI=1S/C18H28N6/c1-3-6-22-9-11-23(12-10-22)17-15-13-14(2)19-16(15)20-18(21-17)24-7-4-5-8-24/h13H,3-12H2,1-2H3,(H,19,20,21). The highest BCUT2D eigenvalue weighted by molar-refractivity contribution is 5.89. The molecule has 0 saturated carbocycles. The Balaban J connectivity index is 1.65. The maximum atomic E-state index is 4.99. The summed E-state index contributed by atoms with van der Waals surface area (Å²) < 4.78 is 0. The molecule has 6 nitrogen and oxygen atoms in total. The topological polar surface area (TPSA) is 51.3 Å². The van der Waals surface area contributed by atoms with Crippen LogP contribution in [0.4, 0.5) is 11.8 Å². The number of fused-ring (bicyclic) bond motifs is 1. The van der Waals surface area contributed by atoms with Gasteiger partial charge < -0.3 is 14.8 Å². The largest absolute Gasteiger partial charge is 0.353 e. The molecule has 2 aliphatic heterocycles. The molecule has 0 atom stereocenters. The zero-order valence-corrected chi connectivity index (χ0v) is 14.9. The van der Waals surface area contributed by atoms with E-state index in [1.54, 1.807) is 0 Å². The second-order valence-electron chi connectivity index (χ2n) is 7.08. The van der Waals surface area contributed by atoms with Crippen molar-refractivity contribution in [3.05, 3.63) is 11.8 Å². The van der Waals surface area contributed by atoms with E-state index in [2.05, 4.69) is 39.6 Å². The minimum atomic E-state index is 0.896. The first-order chi connectivity index (χ1) is 11.7. The average molecular weight is 328 g/mol. The average Bonchev–Trinajstić information content (AvgIpc) is 3.23. The van der Waals surface area contributed by atoms with Gasteiger partial charge in [0, 0.05) is 45.0 Å². The molecule has 2 aliphatic rings. The smallest absolute Gasteiger partial charge is 0.229 e. The Morgan fingerprint density at radius 2 is 1.75 bits per heavy atom. The number of hydrogen-bond donors (Lipinski definition) is 1. The van der Waals surface area contributed by atoms with Crippen molar-refractivity contribution in [1.82, 2.24) is 19.9 Å². The monoisotopic (exact) mass is 328 g/mol. The molecule has 1 N–H and O–H groups in total. The maximum Gasteiger partial charge on any atom is 0.229 e. The molecule has 2 aromatic heterocycles. The van der Waals surface area contributed by atoms with Crippen molar-refractivity contribution >= 4 is 22.8 Å². The van der Waals surface area contributed by atoms with Crippen molar-refractivity contribution in [3.63, 3.8) is 0 Å². The Kier molecular flexibility index (Phi) is 4.31. The molecule has 0 spiro atoms. The van der Waals surface area contributed by atoms with Crippen molar-refractivity contribution in [2.45, 2.75) is 33.1 Å². The van der Waals surface area contributed by atoms with E-state index in [0.29, 0.717) is 0 Å². The SMILES string of the molecule is CCCN1CCN(c2nc(N3CCCC3)nc3[nH]c(C)cc23)CC1. The number of aryl methyl sites for hydroxylation is 1. The Bertz CT molecular complexity index is 695. The number of hydrogen-bond acceptors (Lipinski definition) is 5. The molecule has 24 heavy (non-hydrogen) atoms. The number of aromatic amines is 1. The predicted octanol–water partition coefficient (Wildman–Crippen LogP) is 2.40. The van der Waals surface area contributed by atoms with Gasteiger partial charge in [0.1, 0.15) is 11.5 Å². The molecule has 4 heterocycles. The second-order valence-corrected chi connectivity index (χ2v) is 7.08. The summed E-state index contributed by atoms with van der Waals surface area (Å²) >= 11 is 0. The van der Waals surface area contributed by atoms with Crippen LogP contribution >= 0.6 is 0 Å². The van der Waals surface area contributed by atoms with Gasteiger partial charge in [-0.1, -0.05) is 6.92 Å². The van der Waals surface area contributed by atoms with Gasteiger partial charge in [0.2, 0.25) is 5.95 Å². The summed E-state index contributed by atoms with van der Waals surface area (Å²) in [6, 6.07) is 2.19. The van der Waals surface area contributed by atoms with Crippen LogP contribution < -0.4 is 9.80 Å². The quantitative estimate of drug-likeness (QED) is 0.934. The first-order valence-electron chi connectivity index (χ1n) is 9.34. The maximum absolute atomic E-state index is 4.99. The van der Waals surface area contributed by atoms with Crippen LogP contribution in [0.25, 0.3) is 11.0 Å². The number of aromatic nitrogens is 3. The number of anilines is 2. The number of H-pyrrole nitrogens is 1. The third-order valence-corrected chi connectivity index (χ3v) is 5.19. The van der Waals surface area contributed by atoms with E-state index >= 15 is 0 Å². The van der Waals surface area contributed by atoms with E-state index in [9.17, 15) is 0 Å². The van der Waals surface area contributed by atoms with Crippen LogP contribution in [0.2, 0.25) is 0 Å². The Hall–Kier alpha value is -1.82. The zero-order valence-electron chi connectivity index (χ0n) is 14.9. The lowest BCUT2D eigenvalue weighted by molar-refractivity contribution is 0.258. The van der Waals surface area contributed by atoms with Crippen molar-refractivity contribution < 1.29 is 0 Å². The number of rotatable bonds is 4. The molecule has 2 aromatic rings. The summed E-state index contributed by atoms with van der Waals surface area (Å²) in [7, 11) is 0. The molecule has 0 aliphatic carbocycles. The first kappa shape index (κ1) is 15.7. The van der Waals surface area contributed by atoms with E-state index in [1.807, 2.05) is 0 Å². The van der Waals surface area contributed by atoms with Crippen molar-refractivity contribution in [2.75, 3.05) is 55.6 Å². The third kappa shape index (κ3) is 2.95. The van der Waals surface area contributed by atoms with Crippen LogP contribution in [0.5, 0.6) is 0 Å². The summed E-state index contributed by atoms with van der Waals surface area (Å²) in [5.41, 5.74) is 2.14. The van der Waals surface area contributed by atoms with Crippen molar-refractivity contribution in [3.8, 4) is 0 Å². The highest BCUT2D eigenvalue weighted by atomic mass is 15.3. The van der Waals surface area contributed by atoms with Crippen LogP contribution in [0, 0.1) is 6.92 Å². The molecular formula is C18H28N6. The minimum absolute atomic E-state index is 0.896. The molecule has 0 bridgehead atoms. The van der Waals surface area contributed by atoms with Crippen LogP contribution in [-0.2, 0) is 0 Å². The lowest BCUT2D eigenvalue weighted by Crippen LogP contribution is -2.47. The molecule has 2 saturated heterocycles. The van der Waals surface area contributed by atoms with Gasteiger partial charge in [0.15, 0.2) is 0 Å². The molecule has 0 unspecified atom stereocenters. The Labute approximate surface area is 143 Å². The predicted molar refractivity (Wildman–Crippen MR) is 99.0 cm³/mol. The fourth-order valence-corrected chi connectivity index (χ4v) is 3.91. The molecule has 6 heteroatoms. The van der Waals surface area contributed by atoms with Gasteiger partial charge in [-0.2, -0.15) is 9.97 Å². The third-order valence-electron chi connectivity index (χ3n) is 5.19. The fraction of sp³-hybridized carbons (Fsp3) is 0.667. The molecule has 2 fully saturated rings. The second kappa shape index (κ2) is 6.59. The van der Waals surface area contributed by atoms with Crippen LogP contribution in [0.3, 0.4) is 0 Å². The fourth-order valence-electron chi connectivity index (χ4n) is 3.91. The van der Waals surface area contributed by atoms with E-state index < -0.39 is 0 Å². The summed E-state index contributed by atoms with van der Waals surface area (Å²) in [6.45, 7) is 12.1. The van der Waals surface area contributed by atoms with Crippen LogP contribution in [0.15, 0.2) is 6.07 Å². The van der Waals surface area contributed by atoms with Crippen molar-refractivity contribution in [2.24, 2.45) is 0 Å². The Morgan fingerprint density at radius 1 is 1.00 bits per heavy atom. The zero-order chi connectivity index (χ0) is 16.5. The van der Waals surface area contributed by atoms with Gasteiger partial charge in [-0.3, -0.25) is 4.90 Å². The first-order valence-corrected chi connectivity index (χ1v) is 9.34. The molecule has 130 valence electrons. The van der Waals surface area contributed by atoms with Crippen molar-refractivity contribution in [1.29, 1.82) is 0 Å². The molecule has 0 radical (unpaired) electrons. The van der Waals surface area contributed by atoms with E-state index in [0.717, 1.165) is 62.4 Å². The Morgan fingerprint density at radius 3 is 2.46 bits per heavy atom.